The Morgan fingerprint density at radius 1 is 1.18 bits per heavy atom. The van der Waals surface area contributed by atoms with E-state index in [1.165, 1.54) is 6.07 Å². The molecule has 180 valence electrons. The number of benzene rings is 2. The molecule has 0 aliphatic rings. The molecule has 0 saturated heterocycles. The topological polar surface area (TPSA) is 84.9 Å². The first kappa shape index (κ1) is 27.0. The number of hydrogen-bond donors (Lipinski definition) is 2. The lowest BCUT2D eigenvalue weighted by Gasteiger charge is -2.20. The first-order valence-electron chi connectivity index (χ1n) is 9.82. The number of aromatic hydroxyl groups is 1. The molecule has 0 saturated carbocycles. The van der Waals surface area contributed by atoms with Crippen LogP contribution >= 0.6 is 31.9 Å². The summed E-state index contributed by atoms with van der Waals surface area (Å²) in [5.41, 5.74) is -0.663. The maximum atomic E-state index is 13.9. The molecule has 2 rings (SSSR count). The molecule has 6 nitrogen and oxygen atoms in total. The maximum Gasteiger partial charge on any atom is 0.419 e. The van der Waals surface area contributed by atoms with E-state index < -0.39 is 40.2 Å². The number of hydrogen-bond acceptors (Lipinski definition) is 5. The molecule has 0 aliphatic heterocycles. The van der Waals surface area contributed by atoms with Crippen LogP contribution in [0.1, 0.15) is 49.8 Å². The van der Waals surface area contributed by atoms with Crippen LogP contribution in [0.3, 0.4) is 0 Å². The van der Waals surface area contributed by atoms with Crippen LogP contribution in [0.5, 0.6) is 17.2 Å². The minimum atomic E-state index is -4.86. The molecule has 1 amide bonds. The van der Waals surface area contributed by atoms with E-state index in [9.17, 15) is 27.9 Å². The zero-order valence-electron chi connectivity index (χ0n) is 18.2. The quantitative estimate of drug-likeness (QED) is 0.264. The molecule has 2 N–H and O–H groups in total. The number of anilines is 1. The summed E-state index contributed by atoms with van der Waals surface area (Å²) in [7, 11) is 0. The van der Waals surface area contributed by atoms with Crippen molar-refractivity contribution in [1.82, 2.24) is 0 Å². The van der Waals surface area contributed by atoms with Gasteiger partial charge in [-0.25, -0.2) is 0 Å². The van der Waals surface area contributed by atoms with Crippen molar-refractivity contribution in [3.8, 4) is 17.2 Å². The third kappa shape index (κ3) is 6.63. The van der Waals surface area contributed by atoms with Crippen LogP contribution in [-0.4, -0.2) is 23.6 Å². The molecule has 0 spiro atoms. The lowest BCUT2D eigenvalue weighted by Crippen LogP contribution is -2.21. The minimum absolute atomic E-state index is 0.0400. The summed E-state index contributed by atoms with van der Waals surface area (Å²) in [6.45, 7) is 6.96. The van der Waals surface area contributed by atoms with Crippen LogP contribution in [0.15, 0.2) is 27.1 Å². The fraction of sp³-hybridized carbons (Fsp3) is 0.364. The second-order valence-corrected chi connectivity index (χ2v) is 9.03. The Kier molecular flexibility index (Phi) is 8.81. The van der Waals surface area contributed by atoms with Crippen molar-refractivity contribution in [3.05, 3.63) is 43.8 Å². The smallest absolute Gasteiger partial charge is 0.419 e. The van der Waals surface area contributed by atoms with Gasteiger partial charge in [0.25, 0.3) is 0 Å². The Morgan fingerprint density at radius 3 is 2.36 bits per heavy atom. The third-order valence-corrected chi connectivity index (χ3v) is 5.84. The number of halogens is 5. The minimum Gasteiger partial charge on any atom is -0.507 e. The Labute approximate surface area is 205 Å². The Morgan fingerprint density at radius 2 is 1.82 bits per heavy atom. The van der Waals surface area contributed by atoms with Crippen molar-refractivity contribution in [2.45, 2.75) is 46.2 Å². The fourth-order valence-electron chi connectivity index (χ4n) is 3.00. The van der Waals surface area contributed by atoms with Gasteiger partial charge in [0.05, 0.1) is 26.8 Å². The standard InChI is InChI=1S/C22H22Br2F3NO5/c1-5-32-17(30)9-16(29)28-15-8-14(23)21(19(24)18(15)22(25,26)27)33-12-6-11(4)20(31)13(7-12)10(2)3/h6-8,10,31H,5,9H2,1-4H3,(H,28,29). The van der Waals surface area contributed by atoms with Gasteiger partial charge in [-0.2, -0.15) is 13.2 Å². The SMILES string of the molecule is CCOC(=O)CC(=O)Nc1cc(Br)c(Oc2cc(C)c(O)c(C(C)C)c2)c(Br)c1C(F)(F)F. The summed E-state index contributed by atoms with van der Waals surface area (Å²) < 4.78 is 51.8. The molecule has 0 radical (unpaired) electrons. The number of rotatable bonds is 7. The molecule has 0 atom stereocenters. The van der Waals surface area contributed by atoms with Gasteiger partial charge in [-0.3, -0.25) is 9.59 Å². The highest BCUT2D eigenvalue weighted by atomic mass is 79.9. The van der Waals surface area contributed by atoms with Gasteiger partial charge in [-0.05, 0) is 75.4 Å². The summed E-state index contributed by atoms with van der Waals surface area (Å²) in [6.07, 6.45) is -5.60. The van der Waals surface area contributed by atoms with Gasteiger partial charge in [0.2, 0.25) is 5.91 Å². The number of esters is 1. The fourth-order valence-corrected chi connectivity index (χ4v) is 4.50. The van der Waals surface area contributed by atoms with Crippen LogP contribution in [0, 0.1) is 6.92 Å². The number of amides is 1. The number of ether oxygens (including phenoxy) is 2. The zero-order chi connectivity index (χ0) is 25.1. The number of alkyl halides is 3. The van der Waals surface area contributed by atoms with Crippen LogP contribution in [0.2, 0.25) is 0 Å². The molecule has 0 unspecified atom stereocenters. The van der Waals surface area contributed by atoms with Crippen LogP contribution in [0.25, 0.3) is 0 Å². The summed E-state index contributed by atoms with van der Waals surface area (Å²) in [6, 6.07) is 4.10. The lowest BCUT2D eigenvalue weighted by molar-refractivity contribution is -0.145. The summed E-state index contributed by atoms with van der Waals surface area (Å²) in [5.74, 6) is -1.73. The first-order chi connectivity index (χ1) is 15.3. The Bertz CT molecular complexity index is 1070. The highest BCUT2D eigenvalue weighted by molar-refractivity contribution is 9.11. The van der Waals surface area contributed by atoms with Crippen LogP contribution in [-0.2, 0) is 20.5 Å². The van der Waals surface area contributed by atoms with E-state index in [1.807, 2.05) is 13.8 Å². The van der Waals surface area contributed by atoms with Crippen molar-refractivity contribution < 1.29 is 37.3 Å². The van der Waals surface area contributed by atoms with Crippen molar-refractivity contribution in [2.75, 3.05) is 11.9 Å². The van der Waals surface area contributed by atoms with Gasteiger partial charge in [0, 0.05) is 5.56 Å². The zero-order valence-corrected chi connectivity index (χ0v) is 21.4. The third-order valence-electron chi connectivity index (χ3n) is 4.49. The monoisotopic (exact) mass is 595 g/mol. The maximum absolute atomic E-state index is 13.9. The van der Waals surface area contributed by atoms with E-state index in [1.54, 1.807) is 19.9 Å². The van der Waals surface area contributed by atoms with Crippen molar-refractivity contribution in [2.24, 2.45) is 0 Å². The molecule has 0 fully saturated rings. The van der Waals surface area contributed by atoms with E-state index in [4.69, 9.17) is 4.74 Å². The van der Waals surface area contributed by atoms with E-state index >= 15 is 0 Å². The van der Waals surface area contributed by atoms with Crippen LogP contribution < -0.4 is 10.1 Å². The number of carbonyl (C=O) groups is 2. The van der Waals surface area contributed by atoms with Gasteiger partial charge in [0.15, 0.2) is 5.75 Å². The van der Waals surface area contributed by atoms with Crippen molar-refractivity contribution in [1.29, 1.82) is 0 Å². The van der Waals surface area contributed by atoms with Gasteiger partial charge < -0.3 is 19.9 Å². The molecule has 2 aromatic rings. The normalized spacial score (nSPS) is 11.5. The molecule has 0 aromatic heterocycles. The van der Waals surface area contributed by atoms with E-state index in [2.05, 4.69) is 41.9 Å². The Hall–Kier alpha value is -2.27. The van der Waals surface area contributed by atoms with E-state index in [0.29, 0.717) is 11.1 Å². The second kappa shape index (κ2) is 10.8. The lowest BCUT2D eigenvalue weighted by atomic mass is 9.99. The Balaban J connectivity index is 2.51. The first-order valence-corrected chi connectivity index (χ1v) is 11.4. The molecule has 11 heteroatoms. The predicted octanol–water partition coefficient (Wildman–Crippen LogP) is 7.05. The highest BCUT2D eigenvalue weighted by Crippen LogP contribution is 2.49. The van der Waals surface area contributed by atoms with Crippen molar-refractivity contribution >= 4 is 49.4 Å². The molecule has 2 aromatic carbocycles. The summed E-state index contributed by atoms with van der Waals surface area (Å²) in [5, 5.41) is 12.4. The van der Waals surface area contributed by atoms with Gasteiger partial charge in [0.1, 0.15) is 17.9 Å². The number of phenols is 1. The number of phenolic OH excluding ortho intramolecular Hbond substituents is 1. The predicted molar refractivity (Wildman–Crippen MR) is 124 cm³/mol. The number of nitrogens with one attached hydrogen (secondary N) is 1. The molecular formula is C22H22Br2F3NO5. The van der Waals surface area contributed by atoms with E-state index in [0.717, 1.165) is 6.07 Å². The molecule has 0 heterocycles. The number of aryl methyl sites for hydroxylation is 1. The molecular weight excluding hydrogens is 575 g/mol. The van der Waals surface area contributed by atoms with Gasteiger partial charge in [-0.1, -0.05) is 13.8 Å². The molecule has 0 bridgehead atoms. The molecule has 33 heavy (non-hydrogen) atoms. The number of carbonyl (C=O) groups excluding carboxylic acids is 2. The highest BCUT2D eigenvalue weighted by Gasteiger charge is 2.39. The average Bonchev–Trinajstić information content (AvgIpc) is 2.66. The van der Waals surface area contributed by atoms with Gasteiger partial charge >= 0.3 is 12.1 Å². The van der Waals surface area contributed by atoms with Crippen molar-refractivity contribution in [3.63, 3.8) is 0 Å². The summed E-state index contributed by atoms with van der Waals surface area (Å²) >= 11 is 6.14. The average molecular weight is 597 g/mol. The van der Waals surface area contributed by atoms with Gasteiger partial charge in [-0.15, -0.1) is 0 Å². The van der Waals surface area contributed by atoms with E-state index in [-0.39, 0.29) is 34.2 Å². The molecule has 0 aliphatic carbocycles. The van der Waals surface area contributed by atoms with Crippen LogP contribution in [0.4, 0.5) is 18.9 Å². The largest absolute Gasteiger partial charge is 0.507 e. The summed E-state index contributed by atoms with van der Waals surface area (Å²) in [4.78, 5) is 23.6. The second-order valence-electron chi connectivity index (χ2n) is 7.39.